The van der Waals surface area contributed by atoms with Crippen molar-refractivity contribution in [3.05, 3.63) is 59.9 Å². The van der Waals surface area contributed by atoms with E-state index in [1.54, 1.807) is 24.5 Å². The van der Waals surface area contributed by atoms with E-state index in [9.17, 15) is 14.0 Å². The Hall–Kier alpha value is -2.83. The molecule has 1 heterocycles. The van der Waals surface area contributed by atoms with Gasteiger partial charge in [-0.25, -0.2) is 14.4 Å². The zero-order chi connectivity index (χ0) is 18.9. The van der Waals surface area contributed by atoms with Gasteiger partial charge in [-0.05, 0) is 62.8 Å². The summed E-state index contributed by atoms with van der Waals surface area (Å²) in [5.74, 6) is -0.840. The van der Waals surface area contributed by atoms with Crippen LogP contribution in [0.4, 0.5) is 4.39 Å². The largest absolute Gasteiger partial charge is 0.347 e. The number of hydrogen-bond donors (Lipinski definition) is 2. The monoisotopic (exact) mass is 368 g/mol. The van der Waals surface area contributed by atoms with E-state index in [4.69, 9.17) is 0 Å². The summed E-state index contributed by atoms with van der Waals surface area (Å²) in [5, 5.41) is 6.23. The molecule has 2 aromatic rings. The Labute approximate surface area is 156 Å². The number of rotatable bonds is 4. The summed E-state index contributed by atoms with van der Waals surface area (Å²) in [6, 6.07) is 7.36. The fraction of sp³-hybridized carbons (Fsp3) is 0.400. The summed E-state index contributed by atoms with van der Waals surface area (Å²) in [5.41, 5.74) is -0.412. The van der Waals surface area contributed by atoms with E-state index in [0.29, 0.717) is 12.0 Å². The first-order chi connectivity index (χ1) is 13.0. The van der Waals surface area contributed by atoms with Crippen molar-refractivity contribution in [1.82, 2.24) is 20.6 Å². The van der Waals surface area contributed by atoms with Gasteiger partial charge in [0.1, 0.15) is 5.82 Å². The minimum Gasteiger partial charge on any atom is -0.347 e. The van der Waals surface area contributed by atoms with Crippen molar-refractivity contribution in [3.63, 3.8) is 0 Å². The third-order valence-corrected chi connectivity index (χ3v) is 5.68. The van der Waals surface area contributed by atoms with Crippen LogP contribution in [0.3, 0.4) is 0 Å². The zero-order valence-electron chi connectivity index (χ0n) is 14.9. The summed E-state index contributed by atoms with van der Waals surface area (Å²) in [6.07, 6.45) is 7.94. The average molecular weight is 368 g/mol. The third kappa shape index (κ3) is 3.54. The van der Waals surface area contributed by atoms with E-state index < -0.39 is 5.82 Å². The van der Waals surface area contributed by atoms with Gasteiger partial charge in [0, 0.05) is 29.0 Å². The van der Waals surface area contributed by atoms with Crippen LogP contribution >= 0.6 is 0 Å². The van der Waals surface area contributed by atoms with Gasteiger partial charge in [0.05, 0.1) is 0 Å². The summed E-state index contributed by atoms with van der Waals surface area (Å²) >= 11 is 0. The first kappa shape index (κ1) is 17.6. The van der Waals surface area contributed by atoms with Crippen molar-refractivity contribution < 1.29 is 14.0 Å². The molecule has 2 bridgehead atoms. The highest BCUT2D eigenvalue weighted by Gasteiger charge is 2.52. The van der Waals surface area contributed by atoms with E-state index in [0.717, 1.165) is 32.1 Å². The molecule has 140 valence electrons. The van der Waals surface area contributed by atoms with Gasteiger partial charge in [-0.3, -0.25) is 9.59 Å². The van der Waals surface area contributed by atoms with Gasteiger partial charge >= 0.3 is 0 Å². The lowest BCUT2D eigenvalue weighted by molar-refractivity contribution is 0.0826. The third-order valence-electron chi connectivity index (χ3n) is 5.68. The van der Waals surface area contributed by atoms with Gasteiger partial charge in [-0.15, -0.1) is 0 Å². The summed E-state index contributed by atoms with van der Waals surface area (Å²) in [4.78, 5) is 33.1. The number of amides is 2. The minimum absolute atomic E-state index is 0.152. The molecule has 0 aliphatic heterocycles. The van der Waals surface area contributed by atoms with E-state index in [2.05, 4.69) is 20.6 Å². The molecule has 2 atom stereocenters. The number of carbonyl (C=O) groups is 2. The average Bonchev–Trinajstić information content (AvgIpc) is 2.92. The molecule has 2 saturated carbocycles. The first-order valence-electron chi connectivity index (χ1n) is 9.17. The van der Waals surface area contributed by atoms with Crippen molar-refractivity contribution >= 4 is 11.8 Å². The number of nitrogens with one attached hydrogen (secondary N) is 2. The van der Waals surface area contributed by atoms with Gasteiger partial charge in [0.25, 0.3) is 11.8 Å². The van der Waals surface area contributed by atoms with Gasteiger partial charge in [0.15, 0.2) is 0 Å². The Morgan fingerprint density at radius 3 is 2.26 bits per heavy atom. The van der Waals surface area contributed by atoms with Crippen LogP contribution in [0.1, 0.15) is 59.5 Å². The minimum atomic E-state index is -0.431. The summed E-state index contributed by atoms with van der Waals surface area (Å²) in [7, 11) is 0. The topological polar surface area (TPSA) is 84.0 Å². The van der Waals surface area contributed by atoms with Crippen LogP contribution in [0.15, 0.2) is 42.7 Å². The molecule has 0 radical (unpaired) electrons. The van der Waals surface area contributed by atoms with Crippen LogP contribution in [0.5, 0.6) is 0 Å². The second kappa shape index (κ2) is 6.72. The Kier molecular flexibility index (Phi) is 4.37. The molecule has 0 saturated heterocycles. The predicted molar refractivity (Wildman–Crippen MR) is 96.5 cm³/mol. The highest BCUT2D eigenvalue weighted by Crippen LogP contribution is 2.48. The number of aromatic nitrogens is 2. The number of benzene rings is 1. The summed E-state index contributed by atoms with van der Waals surface area (Å²) < 4.78 is 13.4. The maximum absolute atomic E-state index is 13.4. The van der Waals surface area contributed by atoms with E-state index in [-0.39, 0.29) is 28.7 Å². The molecular formula is C20H21FN4O2. The second-order valence-electron chi connectivity index (χ2n) is 7.58. The fourth-order valence-electron chi connectivity index (χ4n) is 4.49. The number of hydrogen-bond acceptors (Lipinski definition) is 4. The highest BCUT2D eigenvalue weighted by molar-refractivity contribution is 5.95. The SMILES string of the molecule is O=C(NC12CCCC(NC(=O)c3ncccn3)(CC1)C2)c1cccc(F)c1. The molecule has 2 N–H and O–H groups in total. The Morgan fingerprint density at radius 1 is 0.926 bits per heavy atom. The lowest BCUT2D eigenvalue weighted by Gasteiger charge is -2.40. The first-order valence-corrected chi connectivity index (χ1v) is 9.17. The molecule has 4 rings (SSSR count). The molecule has 0 spiro atoms. The van der Waals surface area contributed by atoms with Gasteiger partial charge < -0.3 is 10.6 Å². The zero-order valence-corrected chi connectivity index (χ0v) is 14.9. The molecule has 1 aromatic carbocycles. The fourth-order valence-corrected chi connectivity index (χ4v) is 4.49. The molecule has 27 heavy (non-hydrogen) atoms. The maximum Gasteiger partial charge on any atom is 0.289 e. The van der Waals surface area contributed by atoms with E-state index >= 15 is 0 Å². The van der Waals surface area contributed by atoms with Crippen molar-refractivity contribution in [2.75, 3.05) is 0 Å². The van der Waals surface area contributed by atoms with Crippen molar-refractivity contribution in [2.45, 2.75) is 49.6 Å². The molecule has 2 aliphatic rings. The van der Waals surface area contributed by atoms with Crippen LogP contribution in [-0.4, -0.2) is 32.9 Å². The Bertz CT molecular complexity index is 875. The number of fused-ring (bicyclic) bond motifs is 2. The van der Waals surface area contributed by atoms with E-state index in [1.165, 1.54) is 18.2 Å². The van der Waals surface area contributed by atoms with Gasteiger partial charge in [-0.1, -0.05) is 6.07 Å². The molecular weight excluding hydrogens is 347 g/mol. The van der Waals surface area contributed by atoms with Gasteiger partial charge in [-0.2, -0.15) is 0 Å². The standard InChI is InChI=1S/C20H21FN4O2/c21-15-5-1-4-14(12-15)17(26)24-19-6-2-7-20(13-19,9-8-19)25-18(27)16-22-10-3-11-23-16/h1,3-5,10-12H,2,6-9,13H2,(H,24,26)(H,25,27). The maximum atomic E-state index is 13.4. The Morgan fingerprint density at radius 2 is 1.59 bits per heavy atom. The quantitative estimate of drug-likeness (QED) is 0.869. The normalized spacial score (nSPS) is 26.4. The molecule has 2 unspecified atom stereocenters. The van der Waals surface area contributed by atoms with Gasteiger partial charge in [0.2, 0.25) is 5.82 Å². The van der Waals surface area contributed by atoms with Crippen molar-refractivity contribution in [3.8, 4) is 0 Å². The molecule has 7 heteroatoms. The number of carbonyl (C=O) groups excluding carboxylic acids is 2. The number of halogens is 1. The highest BCUT2D eigenvalue weighted by atomic mass is 19.1. The van der Waals surface area contributed by atoms with Crippen LogP contribution in [0, 0.1) is 5.82 Å². The summed E-state index contributed by atoms with van der Waals surface area (Å²) in [6.45, 7) is 0. The van der Waals surface area contributed by atoms with Crippen molar-refractivity contribution in [2.24, 2.45) is 0 Å². The molecule has 6 nitrogen and oxygen atoms in total. The molecule has 2 fully saturated rings. The lowest BCUT2D eigenvalue weighted by Crippen LogP contribution is -2.55. The number of nitrogens with zero attached hydrogens (tertiary/aromatic N) is 2. The van der Waals surface area contributed by atoms with Crippen LogP contribution in [0.25, 0.3) is 0 Å². The molecule has 2 amide bonds. The van der Waals surface area contributed by atoms with Crippen molar-refractivity contribution in [1.29, 1.82) is 0 Å². The van der Waals surface area contributed by atoms with Crippen LogP contribution in [-0.2, 0) is 0 Å². The molecule has 2 aliphatic carbocycles. The second-order valence-corrected chi connectivity index (χ2v) is 7.58. The molecule has 1 aromatic heterocycles. The smallest absolute Gasteiger partial charge is 0.289 e. The van der Waals surface area contributed by atoms with Crippen LogP contribution < -0.4 is 10.6 Å². The van der Waals surface area contributed by atoms with E-state index in [1.807, 2.05) is 0 Å². The Balaban J connectivity index is 1.48. The van der Waals surface area contributed by atoms with Crippen LogP contribution in [0.2, 0.25) is 0 Å². The lowest BCUT2D eigenvalue weighted by atomic mass is 9.78. The predicted octanol–water partition coefficient (Wildman–Crippen LogP) is 2.62.